The van der Waals surface area contributed by atoms with Crippen LogP contribution in [0.15, 0.2) is 18.3 Å². The number of hydrogen-bond donors (Lipinski definition) is 1. The maximum absolute atomic E-state index is 5.58. The summed E-state index contributed by atoms with van der Waals surface area (Å²) in [6.07, 6.45) is 4.24. The SMILES string of the molecule is CCCCN(CC)Cc1ccnc(C(N)=S)c1. The molecule has 0 unspecified atom stereocenters. The van der Waals surface area contributed by atoms with Gasteiger partial charge in [0.15, 0.2) is 0 Å². The normalized spacial score (nSPS) is 10.8. The van der Waals surface area contributed by atoms with Gasteiger partial charge in [-0.15, -0.1) is 0 Å². The highest BCUT2D eigenvalue weighted by atomic mass is 32.1. The van der Waals surface area contributed by atoms with E-state index in [1.807, 2.05) is 12.1 Å². The average Bonchev–Trinajstić information content (AvgIpc) is 2.34. The molecule has 1 heterocycles. The second kappa shape index (κ2) is 7.35. The van der Waals surface area contributed by atoms with E-state index < -0.39 is 0 Å². The van der Waals surface area contributed by atoms with E-state index in [0.717, 1.165) is 19.6 Å². The van der Waals surface area contributed by atoms with Crippen LogP contribution in [0, 0.1) is 0 Å². The summed E-state index contributed by atoms with van der Waals surface area (Å²) in [5, 5.41) is 0. The first-order valence-electron chi connectivity index (χ1n) is 6.14. The minimum atomic E-state index is 0.364. The zero-order valence-corrected chi connectivity index (χ0v) is 11.5. The summed E-state index contributed by atoms with van der Waals surface area (Å²) in [4.78, 5) is 6.93. The molecule has 0 aliphatic rings. The van der Waals surface area contributed by atoms with Gasteiger partial charge in [-0.05, 0) is 37.2 Å². The Morgan fingerprint density at radius 1 is 1.47 bits per heavy atom. The Labute approximate surface area is 109 Å². The van der Waals surface area contributed by atoms with Gasteiger partial charge < -0.3 is 5.73 Å². The third kappa shape index (κ3) is 4.79. The third-order valence-corrected chi connectivity index (χ3v) is 2.97. The fraction of sp³-hybridized carbons (Fsp3) is 0.538. The van der Waals surface area contributed by atoms with Crippen LogP contribution >= 0.6 is 12.2 Å². The van der Waals surface area contributed by atoms with E-state index in [2.05, 4.69) is 23.7 Å². The number of pyridine rings is 1. The molecule has 1 aromatic heterocycles. The number of aromatic nitrogens is 1. The van der Waals surface area contributed by atoms with Crippen molar-refractivity contribution in [2.75, 3.05) is 13.1 Å². The predicted molar refractivity (Wildman–Crippen MR) is 76.0 cm³/mol. The Kier molecular flexibility index (Phi) is 6.08. The van der Waals surface area contributed by atoms with Crippen molar-refractivity contribution in [2.24, 2.45) is 5.73 Å². The van der Waals surface area contributed by atoms with Crippen molar-refractivity contribution in [3.63, 3.8) is 0 Å². The number of nitrogens with zero attached hydrogens (tertiary/aromatic N) is 2. The summed E-state index contributed by atoms with van der Waals surface area (Å²) in [7, 11) is 0. The molecule has 0 aliphatic heterocycles. The zero-order valence-electron chi connectivity index (χ0n) is 10.6. The van der Waals surface area contributed by atoms with Gasteiger partial charge in [0.05, 0.1) is 5.69 Å². The molecular weight excluding hydrogens is 230 g/mol. The van der Waals surface area contributed by atoms with Gasteiger partial charge in [0.25, 0.3) is 0 Å². The smallest absolute Gasteiger partial charge is 0.122 e. The van der Waals surface area contributed by atoms with Crippen molar-refractivity contribution in [1.29, 1.82) is 0 Å². The number of nitrogens with two attached hydrogens (primary N) is 1. The summed E-state index contributed by atoms with van der Waals surface area (Å²) >= 11 is 4.94. The monoisotopic (exact) mass is 251 g/mol. The summed E-state index contributed by atoms with van der Waals surface area (Å²) in [6.45, 7) is 7.54. The molecule has 0 saturated heterocycles. The van der Waals surface area contributed by atoms with Crippen LogP contribution < -0.4 is 5.73 Å². The van der Waals surface area contributed by atoms with Gasteiger partial charge in [0.1, 0.15) is 4.99 Å². The maximum atomic E-state index is 5.58. The van der Waals surface area contributed by atoms with Crippen LogP contribution in [0.2, 0.25) is 0 Å². The van der Waals surface area contributed by atoms with Crippen LogP contribution in [0.4, 0.5) is 0 Å². The standard InChI is InChI=1S/C13H21N3S/c1-3-5-8-16(4-2)10-11-6-7-15-12(9-11)13(14)17/h6-7,9H,3-5,8,10H2,1-2H3,(H2,14,17). The summed E-state index contributed by atoms with van der Waals surface area (Å²) in [5.74, 6) is 0. The number of thiocarbonyl (C=S) groups is 1. The highest BCUT2D eigenvalue weighted by Crippen LogP contribution is 2.07. The lowest BCUT2D eigenvalue weighted by molar-refractivity contribution is 0.275. The van der Waals surface area contributed by atoms with Crippen LogP contribution in [-0.2, 0) is 6.54 Å². The Morgan fingerprint density at radius 2 is 2.24 bits per heavy atom. The van der Waals surface area contributed by atoms with E-state index >= 15 is 0 Å². The molecule has 0 spiro atoms. The molecule has 0 radical (unpaired) electrons. The average molecular weight is 251 g/mol. The van der Waals surface area contributed by atoms with Crippen molar-refractivity contribution in [1.82, 2.24) is 9.88 Å². The van der Waals surface area contributed by atoms with Gasteiger partial charge in [-0.3, -0.25) is 9.88 Å². The topological polar surface area (TPSA) is 42.2 Å². The Balaban J connectivity index is 2.65. The summed E-state index contributed by atoms with van der Waals surface area (Å²) in [5.41, 5.74) is 7.52. The quantitative estimate of drug-likeness (QED) is 0.755. The van der Waals surface area contributed by atoms with Gasteiger partial charge in [-0.2, -0.15) is 0 Å². The Bertz CT molecular complexity index is 365. The van der Waals surface area contributed by atoms with E-state index in [9.17, 15) is 0 Å². The van der Waals surface area contributed by atoms with Gasteiger partial charge >= 0.3 is 0 Å². The molecule has 0 bridgehead atoms. The van der Waals surface area contributed by atoms with Crippen molar-refractivity contribution in [3.05, 3.63) is 29.6 Å². The second-order valence-electron chi connectivity index (χ2n) is 4.14. The first-order valence-corrected chi connectivity index (χ1v) is 6.55. The molecule has 4 heteroatoms. The van der Waals surface area contributed by atoms with Crippen LogP contribution in [0.1, 0.15) is 37.9 Å². The third-order valence-electron chi connectivity index (χ3n) is 2.76. The lowest BCUT2D eigenvalue weighted by Crippen LogP contribution is -2.24. The highest BCUT2D eigenvalue weighted by molar-refractivity contribution is 7.80. The first-order chi connectivity index (χ1) is 8.17. The Morgan fingerprint density at radius 3 is 2.82 bits per heavy atom. The molecular formula is C13H21N3S. The fourth-order valence-corrected chi connectivity index (χ4v) is 1.81. The molecule has 0 fully saturated rings. The van der Waals surface area contributed by atoms with Gasteiger partial charge in [0, 0.05) is 12.7 Å². The van der Waals surface area contributed by atoms with Crippen molar-refractivity contribution in [2.45, 2.75) is 33.2 Å². The van der Waals surface area contributed by atoms with E-state index in [0.29, 0.717) is 10.7 Å². The van der Waals surface area contributed by atoms with Crippen LogP contribution in [0.5, 0.6) is 0 Å². The zero-order chi connectivity index (χ0) is 12.7. The number of unbranched alkanes of at least 4 members (excludes halogenated alkanes) is 1. The molecule has 0 saturated carbocycles. The molecule has 1 rings (SSSR count). The molecule has 3 nitrogen and oxygen atoms in total. The van der Waals surface area contributed by atoms with E-state index in [1.54, 1.807) is 6.20 Å². The minimum Gasteiger partial charge on any atom is -0.388 e. The lowest BCUT2D eigenvalue weighted by Gasteiger charge is -2.20. The lowest BCUT2D eigenvalue weighted by atomic mass is 10.2. The first kappa shape index (κ1) is 14.1. The summed E-state index contributed by atoms with van der Waals surface area (Å²) < 4.78 is 0. The van der Waals surface area contributed by atoms with Crippen molar-refractivity contribution in [3.8, 4) is 0 Å². The molecule has 0 aromatic carbocycles. The molecule has 0 atom stereocenters. The van der Waals surface area contributed by atoms with Crippen LogP contribution in [0.3, 0.4) is 0 Å². The maximum Gasteiger partial charge on any atom is 0.122 e. The molecule has 0 amide bonds. The summed E-state index contributed by atoms with van der Waals surface area (Å²) in [6, 6.07) is 4.01. The molecule has 2 N–H and O–H groups in total. The van der Waals surface area contributed by atoms with Crippen molar-refractivity contribution < 1.29 is 0 Å². The number of rotatable bonds is 7. The second-order valence-corrected chi connectivity index (χ2v) is 4.58. The van der Waals surface area contributed by atoms with Gasteiger partial charge in [0.2, 0.25) is 0 Å². The molecule has 94 valence electrons. The highest BCUT2D eigenvalue weighted by Gasteiger charge is 2.05. The largest absolute Gasteiger partial charge is 0.388 e. The van der Waals surface area contributed by atoms with Crippen molar-refractivity contribution >= 4 is 17.2 Å². The van der Waals surface area contributed by atoms with Crippen LogP contribution in [0.25, 0.3) is 0 Å². The Hall–Kier alpha value is -1.00. The van der Waals surface area contributed by atoms with Crippen LogP contribution in [-0.4, -0.2) is 28.0 Å². The van der Waals surface area contributed by atoms with E-state index in [1.165, 1.54) is 18.4 Å². The molecule has 0 aliphatic carbocycles. The number of hydrogen-bond acceptors (Lipinski definition) is 3. The minimum absolute atomic E-state index is 0.364. The molecule has 1 aromatic rings. The fourth-order valence-electron chi connectivity index (χ4n) is 1.70. The van der Waals surface area contributed by atoms with E-state index in [4.69, 9.17) is 18.0 Å². The molecule has 17 heavy (non-hydrogen) atoms. The van der Waals surface area contributed by atoms with E-state index in [-0.39, 0.29) is 0 Å². The predicted octanol–water partition coefficient (Wildman–Crippen LogP) is 2.34. The van der Waals surface area contributed by atoms with Gasteiger partial charge in [-0.1, -0.05) is 32.5 Å². The van der Waals surface area contributed by atoms with Gasteiger partial charge in [-0.25, -0.2) is 0 Å².